The van der Waals surface area contributed by atoms with Crippen molar-refractivity contribution in [1.82, 2.24) is 10.2 Å². The highest BCUT2D eigenvalue weighted by Gasteiger charge is 2.48. The molecule has 1 aromatic rings. The molecule has 0 aromatic heterocycles. The van der Waals surface area contributed by atoms with Gasteiger partial charge in [0, 0.05) is 13.1 Å². The van der Waals surface area contributed by atoms with Gasteiger partial charge in [0.05, 0.1) is 0 Å². The Morgan fingerprint density at radius 1 is 1.20 bits per heavy atom. The van der Waals surface area contributed by atoms with Crippen LogP contribution in [0.4, 0.5) is 0 Å². The first-order valence-electron chi connectivity index (χ1n) is 7.72. The summed E-state index contributed by atoms with van der Waals surface area (Å²) in [7, 11) is 0. The second-order valence-electron chi connectivity index (χ2n) is 6.29. The lowest BCUT2D eigenvalue weighted by molar-refractivity contribution is -0.134. The maximum Gasteiger partial charge on any atom is 0.240 e. The van der Waals surface area contributed by atoms with Crippen molar-refractivity contribution in [3.63, 3.8) is 0 Å². The highest BCUT2D eigenvalue weighted by molar-refractivity contribution is 5.87. The molecule has 2 saturated heterocycles. The Balaban J connectivity index is 1.88. The number of hydrogen-bond donors (Lipinski definition) is 1. The summed E-state index contributed by atoms with van der Waals surface area (Å²) in [5.74, 6) is 0.257. The molecular weight excluding hydrogens is 248 g/mol. The number of amides is 1. The van der Waals surface area contributed by atoms with Gasteiger partial charge in [-0.3, -0.25) is 9.69 Å². The van der Waals surface area contributed by atoms with Crippen LogP contribution in [-0.2, 0) is 11.3 Å². The molecule has 2 fully saturated rings. The van der Waals surface area contributed by atoms with E-state index in [1.54, 1.807) is 0 Å². The Morgan fingerprint density at radius 2 is 1.90 bits per heavy atom. The second-order valence-corrected chi connectivity index (χ2v) is 6.29. The zero-order valence-electron chi connectivity index (χ0n) is 12.5. The smallest absolute Gasteiger partial charge is 0.240 e. The summed E-state index contributed by atoms with van der Waals surface area (Å²) in [4.78, 5) is 14.9. The third-order valence-corrected chi connectivity index (χ3v) is 5.09. The van der Waals surface area contributed by atoms with Crippen LogP contribution in [0, 0.1) is 13.8 Å². The van der Waals surface area contributed by atoms with Gasteiger partial charge in [0.2, 0.25) is 5.91 Å². The minimum atomic E-state index is -0.229. The van der Waals surface area contributed by atoms with Gasteiger partial charge in [0.25, 0.3) is 0 Å². The van der Waals surface area contributed by atoms with Crippen LogP contribution >= 0.6 is 0 Å². The van der Waals surface area contributed by atoms with E-state index in [2.05, 4.69) is 42.3 Å². The van der Waals surface area contributed by atoms with Crippen LogP contribution in [0.5, 0.6) is 0 Å². The quantitative estimate of drug-likeness (QED) is 0.897. The lowest BCUT2D eigenvalue weighted by atomic mass is 9.86. The second kappa shape index (κ2) is 5.21. The normalized spacial score (nSPS) is 27.0. The van der Waals surface area contributed by atoms with Crippen molar-refractivity contribution in [2.45, 2.75) is 51.6 Å². The molecule has 3 heteroatoms. The molecule has 20 heavy (non-hydrogen) atoms. The van der Waals surface area contributed by atoms with E-state index in [0.29, 0.717) is 0 Å². The molecular formula is C17H24N2O. The molecule has 0 aliphatic carbocycles. The van der Waals surface area contributed by atoms with Gasteiger partial charge in [-0.15, -0.1) is 0 Å². The molecule has 0 saturated carbocycles. The number of benzene rings is 1. The molecule has 2 aliphatic heterocycles. The highest BCUT2D eigenvalue weighted by atomic mass is 16.2. The first-order chi connectivity index (χ1) is 9.63. The van der Waals surface area contributed by atoms with E-state index in [4.69, 9.17) is 0 Å². The SMILES string of the molecule is Cc1cccc(C)c1CN1CCCC12CCCNC2=O. The van der Waals surface area contributed by atoms with Gasteiger partial charge in [0.1, 0.15) is 5.54 Å². The maximum absolute atomic E-state index is 12.4. The fraction of sp³-hybridized carbons (Fsp3) is 0.588. The van der Waals surface area contributed by atoms with Crippen molar-refractivity contribution >= 4 is 5.91 Å². The number of nitrogens with one attached hydrogen (secondary N) is 1. The molecule has 1 unspecified atom stereocenters. The van der Waals surface area contributed by atoms with Crippen molar-refractivity contribution < 1.29 is 4.79 Å². The summed E-state index contributed by atoms with van der Waals surface area (Å²) in [5.41, 5.74) is 3.84. The van der Waals surface area contributed by atoms with Gasteiger partial charge in [-0.2, -0.15) is 0 Å². The lowest BCUT2D eigenvalue weighted by Crippen LogP contribution is -2.58. The van der Waals surface area contributed by atoms with Crippen molar-refractivity contribution in [2.24, 2.45) is 0 Å². The monoisotopic (exact) mass is 272 g/mol. The predicted molar refractivity (Wildman–Crippen MR) is 80.5 cm³/mol. The zero-order valence-corrected chi connectivity index (χ0v) is 12.5. The van der Waals surface area contributed by atoms with E-state index in [1.165, 1.54) is 16.7 Å². The van der Waals surface area contributed by atoms with Gasteiger partial charge in [-0.05, 0) is 62.8 Å². The largest absolute Gasteiger partial charge is 0.354 e. The number of carbonyl (C=O) groups excluding carboxylic acids is 1. The number of carbonyl (C=O) groups is 1. The predicted octanol–water partition coefficient (Wildman–Crippen LogP) is 2.55. The third kappa shape index (κ3) is 2.14. The van der Waals surface area contributed by atoms with Gasteiger partial charge in [-0.1, -0.05) is 18.2 Å². The first kappa shape index (κ1) is 13.6. The molecule has 1 atom stereocenters. The van der Waals surface area contributed by atoms with Crippen molar-refractivity contribution in [3.8, 4) is 0 Å². The Bertz CT molecular complexity index is 505. The topological polar surface area (TPSA) is 32.3 Å². The van der Waals surface area contributed by atoms with Crippen LogP contribution in [0.15, 0.2) is 18.2 Å². The fourth-order valence-electron chi connectivity index (χ4n) is 3.86. The fourth-order valence-corrected chi connectivity index (χ4v) is 3.86. The van der Waals surface area contributed by atoms with E-state index in [1.807, 2.05) is 0 Å². The number of rotatable bonds is 2. The average Bonchev–Trinajstić information content (AvgIpc) is 2.82. The molecule has 3 nitrogen and oxygen atoms in total. The molecule has 0 bridgehead atoms. The summed E-state index contributed by atoms with van der Waals surface area (Å²) in [5, 5.41) is 3.08. The van der Waals surface area contributed by atoms with Gasteiger partial charge < -0.3 is 5.32 Å². The minimum Gasteiger partial charge on any atom is -0.354 e. The van der Waals surface area contributed by atoms with E-state index < -0.39 is 0 Å². The maximum atomic E-state index is 12.4. The number of nitrogens with zero attached hydrogens (tertiary/aromatic N) is 1. The summed E-state index contributed by atoms with van der Waals surface area (Å²) in [6, 6.07) is 6.46. The molecule has 2 heterocycles. The summed E-state index contributed by atoms with van der Waals surface area (Å²) >= 11 is 0. The highest BCUT2D eigenvalue weighted by Crippen LogP contribution is 2.37. The Labute approximate surface area is 121 Å². The molecule has 1 spiro atoms. The molecule has 1 amide bonds. The molecule has 3 rings (SSSR count). The number of piperidine rings is 1. The van der Waals surface area contributed by atoms with Crippen molar-refractivity contribution in [2.75, 3.05) is 13.1 Å². The molecule has 108 valence electrons. The average molecular weight is 272 g/mol. The van der Waals surface area contributed by atoms with Gasteiger partial charge in [-0.25, -0.2) is 0 Å². The number of hydrogen-bond acceptors (Lipinski definition) is 2. The van der Waals surface area contributed by atoms with E-state index in [-0.39, 0.29) is 11.4 Å². The molecule has 1 aromatic carbocycles. The number of aryl methyl sites for hydroxylation is 2. The van der Waals surface area contributed by atoms with Gasteiger partial charge in [0.15, 0.2) is 0 Å². The van der Waals surface area contributed by atoms with Crippen LogP contribution < -0.4 is 5.32 Å². The van der Waals surface area contributed by atoms with E-state index in [9.17, 15) is 4.79 Å². The standard InChI is InChI=1S/C17H24N2O/c1-13-6-3-7-14(2)15(13)12-19-11-5-9-17(19)8-4-10-18-16(17)20/h3,6-7H,4-5,8-12H2,1-2H3,(H,18,20). The van der Waals surface area contributed by atoms with Crippen molar-refractivity contribution in [1.29, 1.82) is 0 Å². The van der Waals surface area contributed by atoms with Crippen LogP contribution in [0.2, 0.25) is 0 Å². The van der Waals surface area contributed by atoms with Crippen LogP contribution in [0.1, 0.15) is 42.4 Å². The van der Waals surface area contributed by atoms with Crippen molar-refractivity contribution in [3.05, 3.63) is 34.9 Å². The Morgan fingerprint density at radius 3 is 2.60 bits per heavy atom. The minimum absolute atomic E-state index is 0.229. The molecule has 0 radical (unpaired) electrons. The van der Waals surface area contributed by atoms with E-state index >= 15 is 0 Å². The summed E-state index contributed by atoms with van der Waals surface area (Å²) in [6.07, 6.45) is 4.28. The first-order valence-corrected chi connectivity index (χ1v) is 7.72. The number of likely N-dealkylation sites (tertiary alicyclic amines) is 1. The van der Waals surface area contributed by atoms with E-state index in [0.717, 1.165) is 45.3 Å². The Kier molecular flexibility index (Phi) is 3.55. The molecule has 2 aliphatic rings. The Hall–Kier alpha value is -1.35. The third-order valence-electron chi connectivity index (χ3n) is 5.09. The summed E-state index contributed by atoms with van der Waals surface area (Å²) in [6.45, 7) is 7.14. The van der Waals surface area contributed by atoms with Crippen LogP contribution in [0.25, 0.3) is 0 Å². The lowest BCUT2D eigenvalue weighted by Gasteiger charge is -2.40. The molecule has 1 N–H and O–H groups in total. The van der Waals surface area contributed by atoms with Crippen LogP contribution in [0.3, 0.4) is 0 Å². The summed E-state index contributed by atoms with van der Waals surface area (Å²) < 4.78 is 0. The van der Waals surface area contributed by atoms with Gasteiger partial charge >= 0.3 is 0 Å². The zero-order chi connectivity index (χ0) is 14.2. The van der Waals surface area contributed by atoms with Crippen LogP contribution in [-0.4, -0.2) is 29.4 Å².